The first-order valence-corrected chi connectivity index (χ1v) is 8.18. The molecule has 3 N–H and O–H groups in total. The lowest BCUT2D eigenvalue weighted by Crippen LogP contribution is -2.37. The summed E-state index contributed by atoms with van der Waals surface area (Å²) in [6, 6.07) is 1.82. The van der Waals surface area contributed by atoms with Crippen molar-refractivity contribution < 1.29 is 17.2 Å². The molecule has 0 atom stereocenters. The molecule has 21 heavy (non-hydrogen) atoms. The van der Waals surface area contributed by atoms with E-state index in [1.165, 1.54) is 0 Å². The van der Waals surface area contributed by atoms with Crippen LogP contribution in [-0.4, -0.2) is 15.0 Å². The summed E-state index contributed by atoms with van der Waals surface area (Å²) in [5, 5.41) is 0. The molecule has 0 heterocycles. The van der Waals surface area contributed by atoms with Gasteiger partial charge in [-0.25, -0.2) is 21.9 Å². The van der Waals surface area contributed by atoms with E-state index in [0.717, 1.165) is 12.1 Å². The molecule has 1 aromatic rings. The fourth-order valence-electron chi connectivity index (χ4n) is 1.53. The third-order valence-electron chi connectivity index (χ3n) is 3.92. The Labute approximate surface area is 124 Å². The van der Waals surface area contributed by atoms with Crippen LogP contribution in [0.2, 0.25) is 0 Å². The number of halogens is 2. The van der Waals surface area contributed by atoms with Crippen LogP contribution in [0.25, 0.3) is 0 Å². The van der Waals surface area contributed by atoms with Crippen LogP contribution in [0.5, 0.6) is 0 Å². The Morgan fingerprint density at radius 1 is 1.29 bits per heavy atom. The van der Waals surface area contributed by atoms with Gasteiger partial charge in [0.25, 0.3) is 0 Å². The van der Waals surface area contributed by atoms with Gasteiger partial charge in [-0.15, -0.1) is 0 Å². The average Bonchev–Trinajstić information content (AvgIpc) is 2.36. The maximum atomic E-state index is 14.1. The lowest BCUT2D eigenvalue weighted by Gasteiger charge is -2.29. The van der Waals surface area contributed by atoms with E-state index in [9.17, 15) is 17.2 Å². The molecule has 0 radical (unpaired) electrons. The van der Waals surface area contributed by atoms with E-state index in [2.05, 4.69) is 4.72 Å². The van der Waals surface area contributed by atoms with Crippen LogP contribution in [0.15, 0.2) is 17.0 Å². The van der Waals surface area contributed by atoms with Gasteiger partial charge in [0.2, 0.25) is 10.0 Å². The summed E-state index contributed by atoms with van der Waals surface area (Å²) in [6.07, 6.45) is 0. The zero-order chi connectivity index (χ0) is 16.4. The minimum absolute atomic E-state index is 0.155. The van der Waals surface area contributed by atoms with Gasteiger partial charge in [0.15, 0.2) is 5.82 Å². The Hall–Kier alpha value is -1.05. The molecule has 0 unspecified atom stereocenters. The van der Waals surface area contributed by atoms with Crippen LogP contribution in [0.4, 0.5) is 8.78 Å². The molecule has 1 aromatic carbocycles. The van der Waals surface area contributed by atoms with Crippen molar-refractivity contribution in [2.75, 3.05) is 6.54 Å². The lowest BCUT2D eigenvalue weighted by molar-refractivity contribution is 0.252. The third-order valence-corrected chi connectivity index (χ3v) is 5.34. The molecule has 0 aliphatic carbocycles. The molecular weight excluding hydrogens is 298 g/mol. The minimum atomic E-state index is -4.05. The highest BCUT2D eigenvalue weighted by atomic mass is 32.2. The van der Waals surface area contributed by atoms with Crippen LogP contribution in [0.1, 0.15) is 33.3 Å². The van der Waals surface area contributed by atoms with Crippen LogP contribution in [0, 0.1) is 23.0 Å². The monoisotopic (exact) mass is 320 g/mol. The molecule has 0 saturated carbocycles. The largest absolute Gasteiger partial charge is 0.326 e. The van der Waals surface area contributed by atoms with Crippen molar-refractivity contribution >= 4 is 10.0 Å². The van der Waals surface area contributed by atoms with Gasteiger partial charge < -0.3 is 5.73 Å². The summed E-state index contributed by atoms with van der Waals surface area (Å²) in [5.74, 6) is -1.75. The van der Waals surface area contributed by atoms with Gasteiger partial charge in [-0.05, 0) is 23.5 Å². The SMILES string of the molecule is CC(C)C(C)(C)CNS(=O)(=O)c1ccc(F)c(CN)c1F. The Morgan fingerprint density at radius 2 is 1.86 bits per heavy atom. The molecule has 0 amide bonds. The molecule has 4 nitrogen and oxygen atoms in total. The van der Waals surface area contributed by atoms with Gasteiger partial charge in [0.05, 0.1) is 0 Å². The van der Waals surface area contributed by atoms with Gasteiger partial charge in [-0.3, -0.25) is 0 Å². The average molecular weight is 320 g/mol. The van der Waals surface area contributed by atoms with Crippen molar-refractivity contribution in [2.24, 2.45) is 17.1 Å². The summed E-state index contributed by atoms with van der Waals surface area (Å²) in [6.45, 7) is 7.51. The molecule has 120 valence electrons. The van der Waals surface area contributed by atoms with Crippen LogP contribution < -0.4 is 10.5 Å². The fourth-order valence-corrected chi connectivity index (χ4v) is 2.86. The Bertz CT molecular complexity index is 614. The molecule has 1 rings (SSSR count). The van der Waals surface area contributed by atoms with E-state index in [4.69, 9.17) is 5.73 Å². The van der Waals surface area contributed by atoms with Crippen molar-refractivity contribution in [1.29, 1.82) is 0 Å². The number of nitrogens with one attached hydrogen (secondary N) is 1. The molecule has 0 spiro atoms. The van der Waals surface area contributed by atoms with Crippen molar-refractivity contribution in [2.45, 2.75) is 39.1 Å². The maximum Gasteiger partial charge on any atom is 0.243 e. The van der Waals surface area contributed by atoms with Crippen molar-refractivity contribution in [3.63, 3.8) is 0 Å². The summed E-state index contributed by atoms with van der Waals surface area (Å²) >= 11 is 0. The highest BCUT2D eigenvalue weighted by Gasteiger charge is 2.28. The number of hydrogen-bond donors (Lipinski definition) is 2. The van der Waals surface area contributed by atoms with Crippen LogP contribution >= 0.6 is 0 Å². The zero-order valence-electron chi connectivity index (χ0n) is 12.7. The summed E-state index contributed by atoms with van der Waals surface area (Å²) in [4.78, 5) is -0.580. The molecule has 0 fully saturated rings. The first-order chi connectivity index (χ1) is 9.53. The van der Waals surface area contributed by atoms with E-state index in [-0.39, 0.29) is 17.9 Å². The Morgan fingerprint density at radius 3 is 2.33 bits per heavy atom. The first kappa shape index (κ1) is 18.0. The van der Waals surface area contributed by atoms with E-state index in [0.29, 0.717) is 0 Å². The normalized spacial score (nSPS) is 13.0. The Balaban J connectivity index is 3.10. The topological polar surface area (TPSA) is 72.2 Å². The first-order valence-electron chi connectivity index (χ1n) is 6.69. The van der Waals surface area contributed by atoms with Gasteiger partial charge in [-0.1, -0.05) is 27.7 Å². The summed E-state index contributed by atoms with van der Waals surface area (Å²) in [7, 11) is -4.05. The number of hydrogen-bond acceptors (Lipinski definition) is 3. The van der Waals surface area contributed by atoms with E-state index in [1.807, 2.05) is 27.7 Å². The minimum Gasteiger partial charge on any atom is -0.326 e. The van der Waals surface area contributed by atoms with E-state index < -0.39 is 38.7 Å². The fraction of sp³-hybridized carbons (Fsp3) is 0.571. The number of benzene rings is 1. The molecule has 0 aliphatic heterocycles. The molecule has 0 bridgehead atoms. The second kappa shape index (κ2) is 6.37. The smallest absolute Gasteiger partial charge is 0.243 e. The molecule has 0 saturated heterocycles. The highest BCUT2D eigenvalue weighted by Crippen LogP contribution is 2.26. The molecule has 0 aromatic heterocycles. The van der Waals surface area contributed by atoms with Crippen molar-refractivity contribution in [3.8, 4) is 0 Å². The Kier molecular flexibility index (Phi) is 5.46. The van der Waals surface area contributed by atoms with E-state index >= 15 is 0 Å². The zero-order valence-corrected chi connectivity index (χ0v) is 13.5. The van der Waals surface area contributed by atoms with Gasteiger partial charge in [-0.2, -0.15) is 0 Å². The van der Waals surface area contributed by atoms with Gasteiger partial charge in [0, 0.05) is 18.7 Å². The maximum absolute atomic E-state index is 14.1. The van der Waals surface area contributed by atoms with Gasteiger partial charge in [0.1, 0.15) is 10.7 Å². The highest BCUT2D eigenvalue weighted by molar-refractivity contribution is 7.89. The third kappa shape index (κ3) is 3.99. The predicted octanol–water partition coefficient (Wildman–Crippen LogP) is 2.38. The second-order valence-corrected chi connectivity index (χ2v) is 7.75. The second-order valence-electron chi connectivity index (χ2n) is 6.01. The number of rotatable bonds is 6. The molecule has 7 heteroatoms. The van der Waals surface area contributed by atoms with Crippen LogP contribution in [-0.2, 0) is 16.6 Å². The standard InChI is InChI=1S/C14H22F2N2O2S/c1-9(2)14(3,4)8-18-21(19,20)12-6-5-11(15)10(7-17)13(12)16/h5-6,9,18H,7-8,17H2,1-4H3. The van der Waals surface area contributed by atoms with Gasteiger partial charge >= 0.3 is 0 Å². The predicted molar refractivity (Wildman–Crippen MR) is 78.1 cm³/mol. The molecule has 0 aliphatic rings. The number of sulfonamides is 1. The molecular formula is C14H22F2N2O2S. The van der Waals surface area contributed by atoms with Crippen molar-refractivity contribution in [1.82, 2.24) is 4.72 Å². The van der Waals surface area contributed by atoms with E-state index in [1.54, 1.807) is 0 Å². The summed E-state index contributed by atoms with van der Waals surface area (Å²) in [5.41, 5.74) is 4.53. The summed E-state index contributed by atoms with van der Waals surface area (Å²) < 4.78 is 54.2. The van der Waals surface area contributed by atoms with Crippen LogP contribution in [0.3, 0.4) is 0 Å². The number of nitrogens with two attached hydrogens (primary N) is 1. The quantitative estimate of drug-likeness (QED) is 0.845. The van der Waals surface area contributed by atoms with Crippen molar-refractivity contribution in [3.05, 3.63) is 29.3 Å². The lowest BCUT2D eigenvalue weighted by atomic mass is 9.81.